The van der Waals surface area contributed by atoms with Gasteiger partial charge < -0.3 is 18.9 Å². The van der Waals surface area contributed by atoms with Crippen molar-refractivity contribution in [3.05, 3.63) is 28.8 Å². The van der Waals surface area contributed by atoms with Crippen LogP contribution in [0.25, 0.3) is 0 Å². The molecule has 1 aromatic rings. The molecule has 0 fully saturated rings. The largest absolute Gasteiger partial charge is 0.465 e. The minimum atomic E-state index is -0.328. The fourth-order valence-corrected chi connectivity index (χ4v) is 1.82. The van der Waals surface area contributed by atoms with Gasteiger partial charge in [-0.05, 0) is 44.5 Å². The van der Waals surface area contributed by atoms with E-state index in [1.807, 2.05) is 32.9 Å². The third kappa shape index (κ3) is 7.10. The van der Waals surface area contributed by atoms with Gasteiger partial charge in [0, 0.05) is 11.6 Å². The van der Waals surface area contributed by atoms with Crippen LogP contribution in [0.5, 0.6) is 5.75 Å². The number of hydrogen-bond donors (Lipinski definition) is 0. The van der Waals surface area contributed by atoms with Crippen molar-refractivity contribution in [3.8, 4) is 5.75 Å². The molecule has 114 valence electrons. The van der Waals surface area contributed by atoms with E-state index in [0.29, 0.717) is 38.1 Å². The van der Waals surface area contributed by atoms with Gasteiger partial charge in [0.15, 0.2) is 6.29 Å². The maximum Gasteiger partial charge on any atom is 0.197 e. The van der Waals surface area contributed by atoms with Gasteiger partial charge in [-0.3, -0.25) is 0 Å². The fraction of sp³-hybridized carbons (Fsp3) is 0.600. The highest BCUT2D eigenvalue weighted by atomic mass is 35.5. The first kappa shape index (κ1) is 17.2. The average Bonchev–Trinajstić information content (AvgIpc) is 2.41. The molecule has 0 bridgehead atoms. The Morgan fingerprint density at radius 3 is 2.50 bits per heavy atom. The third-order valence-electron chi connectivity index (χ3n) is 2.59. The fourth-order valence-electron chi connectivity index (χ4n) is 1.60. The molecule has 0 amide bonds. The van der Waals surface area contributed by atoms with Crippen LogP contribution < -0.4 is 4.74 Å². The molecule has 0 radical (unpaired) electrons. The summed E-state index contributed by atoms with van der Waals surface area (Å²) < 4.78 is 21.7. The van der Waals surface area contributed by atoms with Gasteiger partial charge in [0.1, 0.15) is 5.75 Å². The van der Waals surface area contributed by atoms with Crippen LogP contribution in [0.2, 0.25) is 5.02 Å². The molecule has 0 aromatic heterocycles. The lowest BCUT2D eigenvalue weighted by Gasteiger charge is -2.17. The Balaban J connectivity index is 2.15. The normalized spacial score (nSPS) is 12.4. The summed E-state index contributed by atoms with van der Waals surface area (Å²) in [5, 5.41) is 0.700. The second kappa shape index (κ2) is 10.00. The Labute approximate surface area is 125 Å². The summed E-state index contributed by atoms with van der Waals surface area (Å²) in [6.07, 6.45) is -0.328. The SMILES string of the molecule is CCOCCOCCO[C@@H](C)Oc1ccc(Cl)cc1C. The van der Waals surface area contributed by atoms with E-state index in [4.69, 9.17) is 30.5 Å². The number of halogens is 1. The molecule has 0 N–H and O–H groups in total. The highest BCUT2D eigenvalue weighted by Gasteiger charge is 2.06. The molecule has 1 rings (SSSR count). The lowest BCUT2D eigenvalue weighted by Crippen LogP contribution is -2.20. The van der Waals surface area contributed by atoms with Gasteiger partial charge in [-0.25, -0.2) is 0 Å². The first-order chi connectivity index (χ1) is 9.63. The summed E-state index contributed by atoms with van der Waals surface area (Å²) in [6, 6.07) is 5.50. The van der Waals surface area contributed by atoms with Crippen LogP contribution in [0.15, 0.2) is 18.2 Å². The monoisotopic (exact) mass is 302 g/mol. The minimum absolute atomic E-state index is 0.328. The van der Waals surface area contributed by atoms with Crippen LogP contribution in [0, 0.1) is 6.92 Å². The van der Waals surface area contributed by atoms with Crippen molar-refractivity contribution in [2.24, 2.45) is 0 Å². The van der Waals surface area contributed by atoms with Crippen molar-refractivity contribution in [2.75, 3.05) is 33.0 Å². The molecule has 0 spiro atoms. The van der Waals surface area contributed by atoms with Gasteiger partial charge in [0.2, 0.25) is 0 Å². The van der Waals surface area contributed by atoms with E-state index in [2.05, 4.69) is 0 Å². The highest BCUT2D eigenvalue weighted by Crippen LogP contribution is 2.22. The Morgan fingerprint density at radius 1 is 1.10 bits per heavy atom. The first-order valence-corrected chi connectivity index (χ1v) is 7.21. The number of rotatable bonds is 10. The molecule has 1 atom stereocenters. The number of hydrogen-bond acceptors (Lipinski definition) is 4. The average molecular weight is 303 g/mol. The van der Waals surface area contributed by atoms with E-state index in [9.17, 15) is 0 Å². The standard InChI is InChI=1S/C15H23ClO4/c1-4-17-7-8-18-9-10-19-13(3)20-15-6-5-14(16)11-12(15)2/h5-6,11,13H,4,7-10H2,1-3H3/t13-/m1/s1. The quantitative estimate of drug-likeness (QED) is 0.490. The molecule has 0 aliphatic carbocycles. The van der Waals surface area contributed by atoms with Gasteiger partial charge in [-0.1, -0.05) is 11.6 Å². The summed E-state index contributed by atoms with van der Waals surface area (Å²) >= 11 is 5.89. The van der Waals surface area contributed by atoms with Gasteiger partial charge in [0.05, 0.1) is 26.4 Å². The number of benzene rings is 1. The summed E-state index contributed by atoms with van der Waals surface area (Å²) in [6.45, 7) is 8.70. The van der Waals surface area contributed by atoms with Gasteiger partial charge in [0.25, 0.3) is 0 Å². The van der Waals surface area contributed by atoms with E-state index in [1.165, 1.54) is 0 Å². The number of aryl methyl sites for hydroxylation is 1. The van der Waals surface area contributed by atoms with Crippen molar-refractivity contribution in [2.45, 2.75) is 27.1 Å². The Bertz CT molecular complexity index is 384. The molecule has 1 aromatic carbocycles. The molecule has 0 aliphatic heterocycles. The van der Waals surface area contributed by atoms with E-state index < -0.39 is 0 Å². The van der Waals surface area contributed by atoms with Gasteiger partial charge in [-0.15, -0.1) is 0 Å². The maximum absolute atomic E-state index is 5.89. The Hall–Kier alpha value is -0.810. The zero-order valence-electron chi connectivity index (χ0n) is 12.4. The molecule has 0 aliphatic rings. The van der Waals surface area contributed by atoms with E-state index >= 15 is 0 Å². The lowest BCUT2D eigenvalue weighted by molar-refractivity contribution is -0.0861. The van der Waals surface area contributed by atoms with Crippen molar-refractivity contribution in [1.29, 1.82) is 0 Å². The molecule has 4 nitrogen and oxygen atoms in total. The van der Waals surface area contributed by atoms with Crippen LogP contribution in [-0.4, -0.2) is 39.3 Å². The van der Waals surface area contributed by atoms with E-state index in [-0.39, 0.29) is 6.29 Å². The molecule has 0 saturated carbocycles. The van der Waals surface area contributed by atoms with Gasteiger partial charge >= 0.3 is 0 Å². The molecular weight excluding hydrogens is 280 g/mol. The predicted octanol–water partition coefficient (Wildman–Crippen LogP) is 3.44. The lowest BCUT2D eigenvalue weighted by atomic mass is 10.2. The van der Waals surface area contributed by atoms with Gasteiger partial charge in [-0.2, -0.15) is 0 Å². The Morgan fingerprint density at radius 2 is 1.80 bits per heavy atom. The molecule has 5 heteroatoms. The van der Waals surface area contributed by atoms with Crippen LogP contribution in [0.3, 0.4) is 0 Å². The van der Waals surface area contributed by atoms with Crippen molar-refractivity contribution in [1.82, 2.24) is 0 Å². The molecule has 0 saturated heterocycles. The molecule has 20 heavy (non-hydrogen) atoms. The second-order valence-corrected chi connectivity index (χ2v) is 4.71. The highest BCUT2D eigenvalue weighted by molar-refractivity contribution is 6.30. The second-order valence-electron chi connectivity index (χ2n) is 4.28. The summed E-state index contributed by atoms with van der Waals surface area (Å²) in [4.78, 5) is 0. The first-order valence-electron chi connectivity index (χ1n) is 6.83. The molecule has 0 heterocycles. The van der Waals surface area contributed by atoms with Crippen LogP contribution >= 0.6 is 11.6 Å². The van der Waals surface area contributed by atoms with Crippen LogP contribution in [0.4, 0.5) is 0 Å². The summed E-state index contributed by atoms with van der Waals surface area (Å²) in [5.41, 5.74) is 0.987. The van der Waals surface area contributed by atoms with E-state index in [0.717, 1.165) is 11.3 Å². The molecular formula is C15H23ClO4. The zero-order chi connectivity index (χ0) is 14.8. The Kier molecular flexibility index (Phi) is 8.62. The van der Waals surface area contributed by atoms with Crippen molar-refractivity contribution >= 4 is 11.6 Å². The van der Waals surface area contributed by atoms with E-state index in [1.54, 1.807) is 6.07 Å². The predicted molar refractivity (Wildman–Crippen MR) is 79.5 cm³/mol. The summed E-state index contributed by atoms with van der Waals surface area (Å²) in [5.74, 6) is 0.777. The zero-order valence-corrected chi connectivity index (χ0v) is 13.1. The molecule has 0 unspecified atom stereocenters. The maximum atomic E-state index is 5.89. The third-order valence-corrected chi connectivity index (χ3v) is 2.82. The minimum Gasteiger partial charge on any atom is -0.465 e. The van der Waals surface area contributed by atoms with Crippen LogP contribution in [-0.2, 0) is 14.2 Å². The topological polar surface area (TPSA) is 36.9 Å². The van der Waals surface area contributed by atoms with Crippen LogP contribution in [0.1, 0.15) is 19.4 Å². The smallest absolute Gasteiger partial charge is 0.197 e. The van der Waals surface area contributed by atoms with Crippen molar-refractivity contribution in [3.63, 3.8) is 0 Å². The summed E-state index contributed by atoms with van der Waals surface area (Å²) in [7, 11) is 0. The number of ether oxygens (including phenoxy) is 4. The van der Waals surface area contributed by atoms with Crippen molar-refractivity contribution < 1.29 is 18.9 Å².